The molecule has 0 radical (unpaired) electrons. The number of H-pyrrole nitrogens is 1. The van der Waals surface area contributed by atoms with Crippen LogP contribution in [0.25, 0.3) is 22.2 Å². The molecule has 2 heterocycles. The Morgan fingerprint density at radius 1 is 1.14 bits per heavy atom. The first-order valence-electron chi connectivity index (χ1n) is 7.25. The molecule has 0 atom stereocenters. The van der Waals surface area contributed by atoms with Crippen molar-refractivity contribution in [1.82, 2.24) is 15.0 Å². The molecule has 0 saturated carbocycles. The van der Waals surface area contributed by atoms with E-state index >= 15 is 0 Å². The molecule has 22 heavy (non-hydrogen) atoms. The molecule has 3 aromatic rings. The van der Waals surface area contributed by atoms with Gasteiger partial charge in [-0.2, -0.15) is 0 Å². The van der Waals surface area contributed by atoms with Gasteiger partial charge in [-0.05, 0) is 28.7 Å². The first-order chi connectivity index (χ1) is 10.4. The van der Waals surface area contributed by atoms with Gasteiger partial charge in [-0.1, -0.05) is 26.8 Å². The van der Waals surface area contributed by atoms with Crippen LogP contribution >= 0.6 is 0 Å². The van der Waals surface area contributed by atoms with Crippen LogP contribution in [0.1, 0.15) is 26.3 Å². The van der Waals surface area contributed by atoms with Crippen LogP contribution in [0.5, 0.6) is 5.75 Å². The zero-order chi connectivity index (χ0) is 15.9. The fourth-order valence-electron chi connectivity index (χ4n) is 2.58. The zero-order valence-corrected chi connectivity index (χ0v) is 13.2. The van der Waals surface area contributed by atoms with E-state index in [0.29, 0.717) is 0 Å². The average Bonchev–Trinajstić information content (AvgIpc) is 2.89. The summed E-state index contributed by atoms with van der Waals surface area (Å²) < 4.78 is 0. The largest absolute Gasteiger partial charge is 0.508 e. The molecular formula is C17H20N4O. The molecular weight excluding hydrogens is 276 g/mol. The number of hydrogen-bond donors (Lipinski definition) is 3. The molecule has 0 spiro atoms. The Bertz CT molecular complexity index is 830. The van der Waals surface area contributed by atoms with Crippen molar-refractivity contribution in [2.24, 2.45) is 0 Å². The molecule has 3 rings (SSSR count). The number of anilines is 1. The van der Waals surface area contributed by atoms with Gasteiger partial charge in [0.05, 0.1) is 5.39 Å². The quantitative estimate of drug-likeness (QED) is 0.674. The lowest BCUT2D eigenvalue weighted by Crippen LogP contribution is -2.10. The van der Waals surface area contributed by atoms with Gasteiger partial charge in [-0.15, -0.1) is 0 Å². The van der Waals surface area contributed by atoms with Crippen molar-refractivity contribution in [1.29, 1.82) is 0 Å². The normalized spacial score (nSPS) is 11.8. The number of aromatic hydroxyl groups is 1. The summed E-state index contributed by atoms with van der Waals surface area (Å²) in [5.41, 5.74) is 3.74. The third kappa shape index (κ3) is 2.39. The maximum Gasteiger partial charge on any atom is 0.143 e. The van der Waals surface area contributed by atoms with Gasteiger partial charge in [0.15, 0.2) is 0 Å². The number of hydrogen-bond acceptors (Lipinski definition) is 4. The highest BCUT2D eigenvalue weighted by atomic mass is 16.3. The number of aromatic nitrogens is 3. The van der Waals surface area contributed by atoms with Gasteiger partial charge in [0, 0.05) is 18.8 Å². The average molecular weight is 296 g/mol. The molecule has 2 aromatic heterocycles. The maximum atomic E-state index is 10.1. The number of nitrogens with one attached hydrogen (secondary N) is 2. The number of phenolic OH excluding ortho intramolecular Hbond substituents is 1. The number of benzene rings is 1. The first-order valence-corrected chi connectivity index (χ1v) is 7.25. The number of nitrogens with zero attached hydrogens (tertiary/aromatic N) is 2. The minimum absolute atomic E-state index is 0.0397. The summed E-state index contributed by atoms with van der Waals surface area (Å²) >= 11 is 0. The second kappa shape index (κ2) is 5.02. The van der Waals surface area contributed by atoms with Crippen LogP contribution in [0.4, 0.5) is 5.82 Å². The van der Waals surface area contributed by atoms with Crippen molar-refractivity contribution in [3.8, 4) is 16.9 Å². The van der Waals surface area contributed by atoms with Gasteiger partial charge in [0.25, 0.3) is 0 Å². The fraction of sp³-hybridized carbons (Fsp3) is 0.294. The summed E-state index contributed by atoms with van der Waals surface area (Å²) in [5, 5.41) is 14.1. The summed E-state index contributed by atoms with van der Waals surface area (Å²) in [6.45, 7) is 6.38. The Labute approximate surface area is 129 Å². The summed E-state index contributed by atoms with van der Waals surface area (Å²) in [7, 11) is 1.83. The summed E-state index contributed by atoms with van der Waals surface area (Å²) in [6.07, 6.45) is 3.43. The van der Waals surface area contributed by atoms with Crippen LogP contribution in [0, 0.1) is 0 Å². The van der Waals surface area contributed by atoms with E-state index in [1.807, 2.05) is 19.3 Å². The molecule has 0 fully saturated rings. The highest BCUT2D eigenvalue weighted by Gasteiger charge is 2.18. The Morgan fingerprint density at radius 2 is 1.91 bits per heavy atom. The lowest BCUT2D eigenvalue weighted by atomic mass is 9.85. The van der Waals surface area contributed by atoms with Crippen LogP contribution in [-0.2, 0) is 5.41 Å². The maximum absolute atomic E-state index is 10.1. The molecule has 3 N–H and O–H groups in total. The van der Waals surface area contributed by atoms with Crippen molar-refractivity contribution in [3.05, 3.63) is 36.3 Å². The molecule has 0 aliphatic heterocycles. The van der Waals surface area contributed by atoms with Gasteiger partial charge in [-0.25, -0.2) is 9.97 Å². The Morgan fingerprint density at radius 3 is 2.59 bits per heavy atom. The van der Waals surface area contributed by atoms with Crippen molar-refractivity contribution in [2.75, 3.05) is 12.4 Å². The molecule has 0 aliphatic rings. The predicted octanol–water partition coefficient (Wildman–Crippen LogP) is 3.67. The van der Waals surface area contributed by atoms with Gasteiger partial charge in [0.1, 0.15) is 23.5 Å². The zero-order valence-electron chi connectivity index (χ0n) is 13.2. The Balaban J connectivity index is 2.26. The molecule has 114 valence electrons. The molecule has 0 aliphatic carbocycles. The van der Waals surface area contributed by atoms with Gasteiger partial charge in [-0.3, -0.25) is 0 Å². The van der Waals surface area contributed by atoms with E-state index < -0.39 is 0 Å². The van der Waals surface area contributed by atoms with Crippen molar-refractivity contribution >= 4 is 16.9 Å². The van der Waals surface area contributed by atoms with E-state index in [2.05, 4.69) is 47.1 Å². The van der Waals surface area contributed by atoms with Crippen LogP contribution < -0.4 is 5.32 Å². The SMILES string of the molecule is CNc1ncnc2[nH]cc(-c3cc(O)cc(C(C)(C)C)c3)c12. The monoisotopic (exact) mass is 296 g/mol. The van der Waals surface area contributed by atoms with Crippen molar-refractivity contribution in [2.45, 2.75) is 26.2 Å². The highest BCUT2D eigenvalue weighted by molar-refractivity contribution is 6.01. The molecule has 0 amide bonds. The minimum Gasteiger partial charge on any atom is -0.508 e. The highest BCUT2D eigenvalue weighted by Crippen LogP contribution is 2.36. The van der Waals surface area contributed by atoms with Crippen LogP contribution in [0.15, 0.2) is 30.7 Å². The molecule has 1 aromatic carbocycles. The van der Waals surface area contributed by atoms with E-state index in [-0.39, 0.29) is 11.2 Å². The lowest BCUT2D eigenvalue weighted by Gasteiger charge is -2.20. The standard InChI is InChI=1S/C17H20N4O/c1-17(2,3)11-5-10(6-12(22)7-11)13-8-19-16-14(13)15(18-4)20-9-21-16/h5-9,22H,1-4H3,(H2,18,19,20,21). The van der Waals surface area contributed by atoms with Gasteiger partial charge >= 0.3 is 0 Å². The summed E-state index contributed by atoms with van der Waals surface area (Å²) in [5.74, 6) is 1.03. The first kappa shape index (κ1) is 14.4. The summed E-state index contributed by atoms with van der Waals surface area (Å²) in [6, 6.07) is 5.69. The second-order valence-electron chi connectivity index (χ2n) is 6.42. The Hall–Kier alpha value is -2.56. The Kier molecular flexibility index (Phi) is 3.28. The van der Waals surface area contributed by atoms with E-state index in [9.17, 15) is 5.11 Å². The van der Waals surface area contributed by atoms with Crippen LogP contribution in [0.3, 0.4) is 0 Å². The van der Waals surface area contributed by atoms with E-state index in [1.54, 1.807) is 6.07 Å². The second-order valence-corrected chi connectivity index (χ2v) is 6.42. The van der Waals surface area contributed by atoms with Gasteiger partial charge < -0.3 is 15.4 Å². The summed E-state index contributed by atoms with van der Waals surface area (Å²) in [4.78, 5) is 11.7. The minimum atomic E-state index is -0.0397. The van der Waals surface area contributed by atoms with E-state index in [1.165, 1.54) is 6.33 Å². The third-order valence-corrected chi connectivity index (χ3v) is 3.80. The van der Waals surface area contributed by atoms with Gasteiger partial charge in [0.2, 0.25) is 0 Å². The smallest absolute Gasteiger partial charge is 0.143 e. The van der Waals surface area contributed by atoms with Crippen LogP contribution in [0.2, 0.25) is 0 Å². The van der Waals surface area contributed by atoms with E-state index in [4.69, 9.17) is 0 Å². The molecule has 5 heteroatoms. The number of aromatic amines is 1. The molecule has 0 bridgehead atoms. The fourth-order valence-corrected chi connectivity index (χ4v) is 2.58. The number of fused-ring (bicyclic) bond motifs is 1. The van der Waals surface area contributed by atoms with E-state index in [0.717, 1.165) is 33.5 Å². The van der Waals surface area contributed by atoms with Crippen LogP contribution in [-0.4, -0.2) is 27.1 Å². The lowest BCUT2D eigenvalue weighted by molar-refractivity contribution is 0.471. The number of phenols is 1. The molecule has 0 unspecified atom stereocenters. The predicted molar refractivity (Wildman–Crippen MR) is 89.2 cm³/mol. The third-order valence-electron chi connectivity index (χ3n) is 3.80. The number of rotatable bonds is 2. The topological polar surface area (TPSA) is 73.8 Å². The van der Waals surface area contributed by atoms with Crippen molar-refractivity contribution < 1.29 is 5.11 Å². The molecule has 0 saturated heterocycles. The van der Waals surface area contributed by atoms with Crippen molar-refractivity contribution in [3.63, 3.8) is 0 Å². The molecule has 5 nitrogen and oxygen atoms in total.